The largest absolute Gasteiger partial charge is 0.421 e. The molecule has 1 aliphatic heterocycles. The monoisotopic (exact) mass is 390 g/mol. The number of aromatic nitrogens is 2. The average Bonchev–Trinajstić information content (AvgIpc) is 3.45. The molecule has 0 aliphatic carbocycles. The fourth-order valence-corrected chi connectivity index (χ4v) is 3.52. The lowest BCUT2D eigenvalue weighted by Crippen LogP contribution is -2.23. The third kappa shape index (κ3) is 5.51. The molecule has 1 amide bonds. The summed E-state index contributed by atoms with van der Waals surface area (Å²) >= 11 is 0. The number of carbonyl (C=O) groups is 1. The van der Waals surface area contributed by atoms with E-state index in [1.807, 2.05) is 30.3 Å². The van der Waals surface area contributed by atoms with Gasteiger partial charge < -0.3 is 9.73 Å². The highest BCUT2D eigenvalue weighted by Crippen LogP contribution is 2.17. The van der Waals surface area contributed by atoms with E-state index < -0.39 is 0 Å². The molecule has 2 aromatic carbocycles. The summed E-state index contributed by atoms with van der Waals surface area (Å²) in [6.07, 6.45) is 3.37. The molecule has 0 unspecified atom stereocenters. The van der Waals surface area contributed by atoms with Crippen molar-refractivity contribution in [2.75, 3.05) is 13.1 Å². The van der Waals surface area contributed by atoms with E-state index in [4.69, 9.17) is 4.42 Å². The molecule has 6 heteroatoms. The fourth-order valence-electron chi connectivity index (χ4n) is 3.52. The van der Waals surface area contributed by atoms with Crippen molar-refractivity contribution in [1.29, 1.82) is 0 Å². The Hall–Kier alpha value is -2.99. The van der Waals surface area contributed by atoms with Crippen LogP contribution in [0.1, 0.15) is 36.3 Å². The molecule has 0 saturated carbocycles. The maximum absolute atomic E-state index is 12.2. The molecule has 0 atom stereocenters. The van der Waals surface area contributed by atoms with Crippen LogP contribution in [0.15, 0.2) is 59.0 Å². The molecule has 1 saturated heterocycles. The van der Waals surface area contributed by atoms with Gasteiger partial charge in [-0.3, -0.25) is 9.69 Å². The number of nitrogens with zero attached hydrogens (tertiary/aromatic N) is 3. The summed E-state index contributed by atoms with van der Waals surface area (Å²) in [5.74, 6) is 0.936. The van der Waals surface area contributed by atoms with Crippen molar-refractivity contribution < 1.29 is 9.21 Å². The quantitative estimate of drug-likeness (QED) is 0.637. The second-order valence-electron chi connectivity index (χ2n) is 7.44. The summed E-state index contributed by atoms with van der Waals surface area (Å²) in [7, 11) is 0. The van der Waals surface area contributed by atoms with Crippen molar-refractivity contribution in [3.63, 3.8) is 0 Å². The number of rotatable bonds is 8. The Morgan fingerprint density at radius 1 is 0.966 bits per heavy atom. The Kier molecular flexibility index (Phi) is 6.32. The smallest absolute Gasteiger partial charge is 0.247 e. The molecule has 150 valence electrons. The van der Waals surface area contributed by atoms with E-state index in [0.29, 0.717) is 31.2 Å². The second kappa shape index (κ2) is 9.47. The van der Waals surface area contributed by atoms with E-state index in [-0.39, 0.29) is 5.91 Å². The van der Waals surface area contributed by atoms with Crippen LogP contribution in [0.4, 0.5) is 0 Å². The number of nitrogens with one attached hydrogen (secondary N) is 1. The highest BCUT2D eigenvalue weighted by Gasteiger charge is 2.12. The minimum absolute atomic E-state index is 0.0226. The van der Waals surface area contributed by atoms with Crippen LogP contribution in [0.3, 0.4) is 0 Å². The van der Waals surface area contributed by atoms with Crippen LogP contribution in [0.2, 0.25) is 0 Å². The standard InChI is InChI=1S/C23H26N4O2/c28-21(12-13-22-25-26-23(29-22)20-6-2-1-3-7-20)24-16-18-8-10-19(11-9-18)17-27-14-4-5-15-27/h1-3,6-11H,4-5,12-17H2,(H,24,28). The third-order valence-electron chi connectivity index (χ3n) is 5.17. The number of likely N-dealkylation sites (tertiary alicyclic amines) is 1. The van der Waals surface area contributed by atoms with Crippen LogP contribution in [0, 0.1) is 0 Å². The first-order valence-electron chi connectivity index (χ1n) is 10.2. The molecule has 0 spiro atoms. The Labute approximate surface area is 170 Å². The Morgan fingerprint density at radius 2 is 1.69 bits per heavy atom. The number of benzene rings is 2. The summed E-state index contributed by atoms with van der Waals surface area (Å²) in [5, 5.41) is 11.0. The molecule has 3 aromatic rings. The molecule has 0 radical (unpaired) electrons. The van der Waals surface area contributed by atoms with Gasteiger partial charge in [0.2, 0.25) is 17.7 Å². The Morgan fingerprint density at radius 3 is 2.45 bits per heavy atom. The fraction of sp³-hybridized carbons (Fsp3) is 0.348. The summed E-state index contributed by atoms with van der Waals surface area (Å²) < 4.78 is 5.64. The highest BCUT2D eigenvalue weighted by atomic mass is 16.4. The van der Waals surface area contributed by atoms with Gasteiger partial charge in [-0.1, -0.05) is 42.5 Å². The topological polar surface area (TPSA) is 71.3 Å². The normalized spacial score (nSPS) is 14.2. The van der Waals surface area contributed by atoms with Crippen LogP contribution in [-0.2, 0) is 24.3 Å². The first-order chi connectivity index (χ1) is 14.3. The average molecular weight is 390 g/mol. The van der Waals surface area contributed by atoms with Crippen LogP contribution in [0.25, 0.3) is 11.5 Å². The highest BCUT2D eigenvalue weighted by molar-refractivity contribution is 5.76. The molecule has 1 N–H and O–H groups in total. The molecule has 4 rings (SSSR count). The van der Waals surface area contributed by atoms with Crippen molar-refractivity contribution in [2.24, 2.45) is 0 Å². The first kappa shape index (κ1) is 19.3. The zero-order chi connectivity index (χ0) is 19.9. The maximum atomic E-state index is 12.2. The predicted octanol–water partition coefficient (Wildman–Crippen LogP) is 3.58. The summed E-state index contributed by atoms with van der Waals surface area (Å²) in [5.41, 5.74) is 3.31. The van der Waals surface area contributed by atoms with E-state index in [0.717, 1.165) is 17.7 Å². The second-order valence-corrected chi connectivity index (χ2v) is 7.44. The molecular formula is C23H26N4O2. The third-order valence-corrected chi connectivity index (χ3v) is 5.17. The minimum Gasteiger partial charge on any atom is -0.421 e. The lowest BCUT2D eigenvalue weighted by Gasteiger charge is -2.14. The van der Waals surface area contributed by atoms with E-state index in [2.05, 4.69) is 44.7 Å². The van der Waals surface area contributed by atoms with Crippen molar-refractivity contribution in [3.8, 4) is 11.5 Å². The Balaban J connectivity index is 1.20. The number of amides is 1. The summed E-state index contributed by atoms with van der Waals surface area (Å²) in [6.45, 7) is 3.94. The summed E-state index contributed by atoms with van der Waals surface area (Å²) in [4.78, 5) is 14.6. The van der Waals surface area contributed by atoms with Crippen LogP contribution in [0.5, 0.6) is 0 Å². The van der Waals surface area contributed by atoms with Crippen molar-refractivity contribution >= 4 is 5.91 Å². The van der Waals surface area contributed by atoms with Gasteiger partial charge in [-0.25, -0.2) is 0 Å². The van der Waals surface area contributed by atoms with Gasteiger partial charge in [0.25, 0.3) is 0 Å². The molecule has 6 nitrogen and oxygen atoms in total. The van der Waals surface area contributed by atoms with Gasteiger partial charge in [-0.05, 0) is 49.2 Å². The molecular weight excluding hydrogens is 364 g/mol. The van der Waals surface area contributed by atoms with Gasteiger partial charge in [0.15, 0.2) is 0 Å². The van der Waals surface area contributed by atoms with Gasteiger partial charge in [-0.15, -0.1) is 10.2 Å². The van der Waals surface area contributed by atoms with Crippen molar-refractivity contribution in [2.45, 2.75) is 38.8 Å². The van der Waals surface area contributed by atoms with Crippen LogP contribution < -0.4 is 5.32 Å². The van der Waals surface area contributed by atoms with E-state index in [1.165, 1.54) is 31.5 Å². The van der Waals surface area contributed by atoms with E-state index >= 15 is 0 Å². The van der Waals surface area contributed by atoms with Crippen LogP contribution in [-0.4, -0.2) is 34.1 Å². The van der Waals surface area contributed by atoms with Crippen molar-refractivity contribution in [3.05, 3.63) is 71.6 Å². The summed E-state index contributed by atoms with van der Waals surface area (Å²) in [6, 6.07) is 18.1. The molecule has 29 heavy (non-hydrogen) atoms. The maximum Gasteiger partial charge on any atom is 0.247 e. The van der Waals surface area contributed by atoms with Gasteiger partial charge in [0, 0.05) is 31.5 Å². The van der Waals surface area contributed by atoms with Crippen LogP contribution >= 0.6 is 0 Å². The lowest BCUT2D eigenvalue weighted by molar-refractivity contribution is -0.121. The molecule has 1 aliphatic rings. The van der Waals surface area contributed by atoms with Crippen molar-refractivity contribution in [1.82, 2.24) is 20.4 Å². The van der Waals surface area contributed by atoms with Gasteiger partial charge in [0.1, 0.15) is 0 Å². The SMILES string of the molecule is O=C(CCc1nnc(-c2ccccc2)o1)NCc1ccc(CN2CCCC2)cc1. The Bertz CT molecular complexity index is 916. The van der Waals surface area contributed by atoms with Gasteiger partial charge in [-0.2, -0.15) is 0 Å². The predicted molar refractivity (Wildman–Crippen MR) is 111 cm³/mol. The molecule has 2 heterocycles. The molecule has 1 fully saturated rings. The first-order valence-corrected chi connectivity index (χ1v) is 10.2. The van der Waals surface area contributed by atoms with E-state index in [1.54, 1.807) is 0 Å². The zero-order valence-corrected chi connectivity index (χ0v) is 16.5. The number of aryl methyl sites for hydroxylation is 1. The zero-order valence-electron chi connectivity index (χ0n) is 16.5. The van der Waals surface area contributed by atoms with Gasteiger partial charge >= 0.3 is 0 Å². The molecule has 1 aromatic heterocycles. The minimum atomic E-state index is -0.0226. The van der Waals surface area contributed by atoms with E-state index in [9.17, 15) is 4.79 Å². The molecule has 0 bridgehead atoms. The van der Waals surface area contributed by atoms with Gasteiger partial charge in [0.05, 0.1) is 0 Å². The lowest BCUT2D eigenvalue weighted by atomic mass is 10.1. The number of carbonyl (C=O) groups excluding carboxylic acids is 1. The number of hydrogen-bond acceptors (Lipinski definition) is 5. The number of hydrogen-bond donors (Lipinski definition) is 1.